The summed E-state index contributed by atoms with van der Waals surface area (Å²) in [6, 6.07) is 2.48. The van der Waals surface area contributed by atoms with Crippen molar-refractivity contribution in [1.29, 1.82) is 0 Å². The van der Waals surface area contributed by atoms with Gasteiger partial charge in [0, 0.05) is 0 Å². The molecule has 1 rings (SSSR count). The normalized spacial score (nSPS) is 14.0. The molecule has 0 aliphatic heterocycles. The van der Waals surface area contributed by atoms with Gasteiger partial charge in [-0.05, 0) is 50.3 Å². The van der Waals surface area contributed by atoms with E-state index in [4.69, 9.17) is 4.42 Å². The Kier molecular flexibility index (Phi) is 4.81. The molecule has 17 heavy (non-hydrogen) atoms. The standard InChI is InChI=1S/C15H27NO/c1-9(2)14(10(3)4)15(16-7)13-8-11(5)12(6)17-13/h8-10,14-16H,1-7H3. The van der Waals surface area contributed by atoms with Crippen molar-refractivity contribution in [3.8, 4) is 0 Å². The molecule has 0 saturated heterocycles. The molecular weight excluding hydrogens is 210 g/mol. The van der Waals surface area contributed by atoms with Gasteiger partial charge in [-0.15, -0.1) is 0 Å². The van der Waals surface area contributed by atoms with Gasteiger partial charge in [0.2, 0.25) is 0 Å². The monoisotopic (exact) mass is 237 g/mol. The van der Waals surface area contributed by atoms with Crippen LogP contribution in [0.3, 0.4) is 0 Å². The highest BCUT2D eigenvalue weighted by Crippen LogP contribution is 2.35. The summed E-state index contributed by atoms with van der Waals surface area (Å²) >= 11 is 0. The first kappa shape index (κ1) is 14.3. The van der Waals surface area contributed by atoms with Crippen molar-refractivity contribution >= 4 is 0 Å². The molecule has 1 atom stereocenters. The third kappa shape index (κ3) is 3.12. The minimum Gasteiger partial charge on any atom is -0.464 e. The highest BCUT2D eigenvalue weighted by molar-refractivity contribution is 5.21. The van der Waals surface area contributed by atoms with Gasteiger partial charge in [-0.25, -0.2) is 0 Å². The Morgan fingerprint density at radius 1 is 1.06 bits per heavy atom. The molecule has 98 valence electrons. The molecular formula is C15H27NO. The van der Waals surface area contributed by atoms with Crippen LogP contribution < -0.4 is 5.32 Å². The number of hydrogen-bond acceptors (Lipinski definition) is 2. The summed E-state index contributed by atoms with van der Waals surface area (Å²) < 4.78 is 5.89. The number of nitrogens with one attached hydrogen (secondary N) is 1. The fraction of sp³-hybridized carbons (Fsp3) is 0.733. The van der Waals surface area contributed by atoms with E-state index < -0.39 is 0 Å². The van der Waals surface area contributed by atoms with E-state index in [9.17, 15) is 0 Å². The van der Waals surface area contributed by atoms with E-state index in [0.717, 1.165) is 11.5 Å². The van der Waals surface area contributed by atoms with Crippen LogP contribution in [0.15, 0.2) is 10.5 Å². The summed E-state index contributed by atoms with van der Waals surface area (Å²) in [6.45, 7) is 13.3. The Morgan fingerprint density at radius 3 is 1.88 bits per heavy atom. The summed E-state index contributed by atoms with van der Waals surface area (Å²) in [4.78, 5) is 0. The van der Waals surface area contributed by atoms with Crippen LogP contribution in [-0.4, -0.2) is 7.05 Å². The Labute approximate surface area is 106 Å². The van der Waals surface area contributed by atoms with Crippen LogP contribution in [0.2, 0.25) is 0 Å². The second kappa shape index (κ2) is 5.72. The van der Waals surface area contributed by atoms with Gasteiger partial charge in [0.25, 0.3) is 0 Å². The van der Waals surface area contributed by atoms with Crippen LogP contribution in [0.1, 0.15) is 50.8 Å². The van der Waals surface area contributed by atoms with Crippen molar-refractivity contribution in [3.63, 3.8) is 0 Å². The topological polar surface area (TPSA) is 25.2 Å². The molecule has 0 aliphatic carbocycles. The fourth-order valence-corrected chi connectivity index (χ4v) is 2.82. The maximum absolute atomic E-state index is 5.89. The van der Waals surface area contributed by atoms with Crippen molar-refractivity contribution in [2.75, 3.05) is 7.05 Å². The average Bonchev–Trinajstić information content (AvgIpc) is 2.53. The van der Waals surface area contributed by atoms with Gasteiger partial charge in [0.1, 0.15) is 11.5 Å². The van der Waals surface area contributed by atoms with Gasteiger partial charge in [-0.2, -0.15) is 0 Å². The average molecular weight is 237 g/mol. The third-order valence-corrected chi connectivity index (χ3v) is 3.73. The maximum Gasteiger partial charge on any atom is 0.121 e. The molecule has 1 unspecified atom stereocenters. The molecule has 1 aromatic rings. The van der Waals surface area contributed by atoms with E-state index in [1.165, 1.54) is 5.56 Å². The predicted molar refractivity (Wildman–Crippen MR) is 73.1 cm³/mol. The first-order valence-corrected chi connectivity index (χ1v) is 6.62. The summed E-state index contributed by atoms with van der Waals surface area (Å²) in [6.07, 6.45) is 0. The van der Waals surface area contributed by atoms with Crippen molar-refractivity contribution in [2.24, 2.45) is 17.8 Å². The van der Waals surface area contributed by atoms with Crippen LogP contribution in [-0.2, 0) is 0 Å². The molecule has 0 bridgehead atoms. The molecule has 0 radical (unpaired) electrons. The molecule has 2 nitrogen and oxygen atoms in total. The Morgan fingerprint density at radius 2 is 1.59 bits per heavy atom. The van der Waals surface area contributed by atoms with Gasteiger partial charge in [-0.1, -0.05) is 27.7 Å². The summed E-state index contributed by atoms with van der Waals surface area (Å²) in [5.41, 5.74) is 1.24. The van der Waals surface area contributed by atoms with Crippen LogP contribution >= 0.6 is 0 Å². The Bertz CT molecular complexity index is 324. The van der Waals surface area contributed by atoms with Crippen molar-refractivity contribution in [1.82, 2.24) is 5.32 Å². The quantitative estimate of drug-likeness (QED) is 0.834. The highest BCUT2D eigenvalue weighted by Gasteiger charge is 2.29. The second-order valence-electron chi connectivity index (χ2n) is 5.72. The zero-order valence-corrected chi connectivity index (χ0v) is 12.3. The van der Waals surface area contributed by atoms with Crippen LogP contribution in [0.25, 0.3) is 0 Å². The van der Waals surface area contributed by atoms with Gasteiger partial charge in [-0.3, -0.25) is 0 Å². The zero-order chi connectivity index (χ0) is 13.2. The number of hydrogen-bond donors (Lipinski definition) is 1. The third-order valence-electron chi connectivity index (χ3n) is 3.73. The second-order valence-corrected chi connectivity index (χ2v) is 5.72. The smallest absolute Gasteiger partial charge is 0.121 e. The van der Waals surface area contributed by atoms with Crippen molar-refractivity contribution in [2.45, 2.75) is 47.6 Å². The minimum absolute atomic E-state index is 0.308. The molecule has 0 saturated carbocycles. The summed E-state index contributed by atoms with van der Waals surface area (Å²) in [5, 5.41) is 3.43. The zero-order valence-electron chi connectivity index (χ0n) is 12.3. The van der Waals surface area contributed by atoms with E-state index in [1.807, 2.05) is 14.0 Å². The van der Waals surface area contributed by atoms with Crippen LogP contribution in [0, 0.1) is 31.6 Å². The van der Waals surface area contributed by atoms with Gasteiger partial charge >= 0.3 is 0 Å². The lowest BCUT2D eigenvalue weighted by Crippen LogP contribution is -2.31. The van der Waals surface area contributed by atoms with E-state index >= 15 is 0 Å². The lowest BCUT2D eigenvalue weighted by molar-refractivity contribution is 0.195. The largest absolute Gasteiger partial charge is 0.464 e. The van der Waals surface area contributed by atoms with E-state index in [0.29, 0.717) is 23.8 Å². The van der Waals surface area contributed by atoms with E-state index in [1.54, 1.807) is 0 Å². The fourth-order valence-electron chi connectivity index (χ4n) is 2.82. The van der Waals surface area contributed by atoms with Gasteiger partial charge in [0.05, 0.1) is 6.04 Å². The summed E-state index contributed by atoms with van der Waals surface area (Å²) in [5.74, 6) is 3.97. The molecule has 0 aromatic carbocycles. The number of rotatable bonds is 5. The van der Waals surface area contributed by atoms with Crippen LogP contribution in [0.4, 0.5) is 0 Å². The molecule has 1 N–H and O–H groups in total. The molecule has 0 amide bonds. The first-order chi connectivity index (χ1) is 7.88. The molecule has 1 aromatic heterocycles. The van der Waals surface area contributed by atoms with E-state index in [2.05, 4.69) is 46.0 Å². The first-order valence-electron chi connectivity index (χ1n) is 6.62. The lowest BCUT2D eigenvalue weighted by atomic mass is 9.79. The highest BCUT2D eigenvalue weighted by atomic mass is 16.3. The lowest BCUT2D eigenvalue weighted by Gasteiger charge is -2.32. The number of aryl methyl sites for hydroxylation is 2. The summed E-state index contributed by atoms with van der Waals surface area (Å²) in [7, 11) is 2.02. The van der Waals surface area contributed by atoms with Crippen molar-refractivity contribution in [3.05, 3.63) is 23.2 Å². The Balaban J connectivity index is 3.04. The molecule has 1 heterocycles. The Hall–Kier alpha value is -0.760. The van der Waals surface area contributed by atoms with Crippen LogP contribution in [0.5, 0.6) is 0 Å². The number of furan rings is 1. The maximum atomic E-state index is 5.89. The van der Waals surface area contributed by atoms with Gasteiger partial charge in [0.15, 0.2) is 0 Å². The molecule has 0 aliphatic rings. The minimum atomic E-state index is 0.308. The van der Waals surface area contributed by atoms with E-state index in [-0.39, 0.29) is 0 Å². The molecule has 0 fully saturated rings. The molecule has 0 spiro atoms. The van der Waals surface area contributed by atoms with Crippen molar-refractivity contribution < 1.29 is 4.42 Å². The molecule has 2 heteroatoms. The predicted octanol–water partition coefficient (Wildman–Crippen LogP) is 4.09. The van der Waals surface area contributed by atoms with Gasteiger partial charge < -0.3 is 9.73 Å². The SMILES string of the molecule is CNC(c1cc(C)c(C)o1)C(C(C)C)C(C)C.